The zero-order chi connectivity index (χ0) is 8.69. The Morgan fingerprint density at radius 2 is 2.18 bits per heavy atom. The first-order chi connectivity index (χ1) is 5.16. The van der Waals surface area contributed by atoms with Crippen molar-refractivity contribution >= 4 is 11.8 Å². The van der Waals surface area contributed by atoms with Gasteiger partial charge in [-0.3, -0.25) is 0 Å². The van der Waals surface area contributed by atoms with E-state index in [4.69, 9.17) is 5.26 Å². The van der Waals surface area contributed by atoms with Crippen LogP contribution in [0.4, 0.5) is 0 Å². The van der Waals surface area contributed by atoms with E-state index in [0.29, 0.717) is 0 Å². The van der Waals surface area contributed by atoms with Crippen LogP contribution in [0.25, 0.3) is 0 Å². The molecule has 0 bridgehead atoms. The van der Waals surface area contributed by atoms with Crippen LogP contribution < -0.4 is 0 Å². The van der Waals surface area contributed by atoms with Gasteiger partial charge in [0.25, 0.3) is 0 Å². The second-order valence-corrected chi connectivity index (χ2v) is 4.06. The van der Waals surface area contributed by atoms with E-state index in [0.717, 1.165) is 18.1 Å². The van der Waals surface area contributed by atoms with Crippen molar-refractivity contribution in [2.45, 2.75) is 6.92 Å². The van der Waals surface area contributed by atoms with E-state index in [1.165, 1.54) is 0 Å². The Kier molecular flexibility index (Phi) is 6.39. The predicted molar refractivity (Wildman–Crippen MR) is 50.7 cm³/mol. The minimum absolute atomic E-state index is 0.196. The van der Waals surface area contributed by atoms with Crippen LogP contribution in [0.15, 0.2) is 0 Å². The van der Waals surface area contributed by atoms with Crippen molar-refractivity contribution in [3.8, 4) is 6.07 Å². The van der Waals surface area contributed by atoms with Crippen LogP contribution in [-0.4, -0.2) is 37.0 Å². The molecule has 0 aliphatic carbocycles. The van der Waals surface area contributed by atoms with E-state index in [1.54, 1.807) is 0 Å². The lowest BCUT2D eigenvalue weighted by atomic mass is 10.3. The SMILES string of the molecule is CC(C#N)CSCCN(C)C. The van der Waals surface area contributed by atoms with Gasteiger partial charge in [0.05, 0.1) is 12.0 Å². The summed E-state index contributed by atoms with van der Waals surface area (Å²) in [6, 6.07) is 2.22. The highest BCUT2D eigenvalue weighted by atomic mass is 32.2. The maximum absolute atomic E-state index is 8.47. The van der Waals surface area contributed by atoms with Gasteiger partial charge in [-0.15, -0.1) is 0 Å². The van der Waals surface area contributed by atoms with Crippen LogP contribution in [0.3, 0.4) is 0 Å². The van der Waals surface area contributed by atoms with Gasteiger partial charge in [0, 0.05) is 18.1 Å². The Bertz CT molecular complexity index is 129. The Morgan fingerprint density at radius 3 is 2.64 bits per heavy atom. The fourth-order valence-electron chi connectivity index (χ4n) is 0.545. The molecule has 1 unspecified atom stereocenters. The van der Waals surface area contributed by atoms with Crippen LogP contribution in [0.2, 0.25) is 0 Å². The molecule has 0 saturated heterocycles. The lowest BCUT2D eigenvalue weighted by Gasteiger charge is -2.08. The van der Waals surface area contributed by atoms with Crippen molar-refractivity contribution in [1.82, 2.24) is 4.90 Å². The van der Waals surface area contributed by atoms with Gasteiger partial charge >= 0.3 is 0 Å². The van der Waals surface area contributed by atoms with Gasteiger partial charge in [-0.25, -0.2) is 0 Å². The molecule has 1 atom stereocenters. The molecule has 2 nitrogen and oxygen atoms in total. The van der Waals surface area contributed by atoms with Gasteiger partial charge in [-0.05, 0) is 21.0 Å². The Labute approximate surface area is 73.6 Å². The molecule has 0 aliphatic rings. The summed E-state index contributed by atoms with van der Waals surface area (Å²) in [4.78, 5) is 2.16. The Morgan fingerprint density at radius 1 is 1.55 bits per heavy atom. The molecule has 0 spiro atoms. The molecule has 0 aromatic rings. The van der Waals surface area contributed by atoms with Crippen LogP contribution in [0.1, 0.15) is 6.92 Å². The number of nitrogens with zero attached hydrogens (tertiary/aromatic N) is 2. The van der Waals surface area contributed by atoms with Crippen molar-refractivity contribution in [3.05, 3.63) is 0 Å². The van der Waals surface area contributed by atoms with Crippen LogP contribution in [0, 0.1) is 17.2 Å². The summed E-state index contributed by atoms with van der Waals surface area (Å²) in [6.07, 6.45) is 0. The average Bonchev–Trinajstić information content (AvgIpc) is 1.97. The molecule has 64 valence electrons. The second kappa shape index (κ2) is 6.51. The smallest absolute Gasteiger partial charge is 0.0661 e. The summed E-state index contributed by atoms with van der Waals surface area (Å²) in [6.45, 7) is 3.06. The van der Waals surface area contributed by atoms with Crippen molar-refractivity contribution < 1.29 is 0 Å². The lowest BCUT2D eigenvalue weighted by Crippen LogP contribution is -2.15. The Hall–Kier alpha value is -0.200. The third-order valence-corrected chi connectivity index (χ3v) is 2.48. The van der Waals surface area contributed by atoms with E-state index in [1.807, 2.05) is 18.7 Å². The highest BCUT2D eigenvalue weighted by molar-refractivity contribution is 7.99. The standard InChI is InChI=1S/C8H16N2S/c1-8(6-9)7-11-5-4-10(2)3/h8H,4-5,7H2,1-3H3. The number of nitriles is 1. The van der Waals surface area contributed by atoms with Gasteiger partial charge in [0.15, 0.2) is 0 Å². The fourth-order valence-corrected chi connectivity index (χ4v) is 1.63. The molecule has 0 amide bonds. The molecular weight excluding hydrogens is 156 g/mol. The first kappa shape index (κ1) is 10.8. The molecule has 0 aromatic carbocycles. The van der Waals surface area contributed by atoms with Gasteiger partial charge < -0.3 is 4.90 Å². The summed E-state index contributed by atoms with van der Waals surface area (Å²) in [5, 5.41) is 8.47. The van der Waals surface area contributed by atoms with Crippen molar-refractivity contribution in [2.75, 3.05) is 32.1 Å². The molecule has 0 aromatic heterocycles. The molecule has 0 N–H and O–H groups in total. The average molecular weight is 172 g/mol. The quantitative estimate of drug-likeness (QED) is 0.587. The highest BCUT2D eigenvalue weighted by Gasteiger charge is 1.98. The van der Waals surface area contributed by atoms with Gasteiger partial charge in [-0.1, -0.05) is 0 Å². The van der Waals surface area contributed by atoms with Crippen LogP contribution in [-0.2, 0) is 0 Å². The van der Waals surface area contributed by atoms with E-state index in [9.17, 15) is 0 Å². The van der Waals surface area contributed by atoms with Crippen molar-refractivity contribution in [3.63, 3.8) is 0 Å². The van der Waals surface area contributed by atoms with Gasteiger partial charge in [0.1, 0.15) is 0 Å². The van der Waals surface area contributed by atoms with E-state index >= 15 is 0 Å². The number of rotatable bonds is 5. The van der Waals surface area contributed by atoms with E-state index in [-0.39, 0.29) is 5.92 Å². The zero-order valence-corrected chi connectivity index (χ0v) is 8.32. The number of thioether (sulfide) groups is 1. The molecule has 3 heteroatoms. The molecular formula is C8H16N2S. The van der Waals surface area contributed by atoms with Crippen LogP contribution in [0.5, 0.6) is 0 Å². The van der Waals surface area contributed by atoms with E-state index < -0.39 is 0 Å². The monoisotopic (exact) mass is 172 g/mol. The maximum atomic E-state index is 8.47. The van der Waals surface area contributed by atoms with Gasteiger partial charge in [-0.2, -0.15) is 17.0 Å². The topological polar surface area (TPSA) is 27.0 Å². The minimum Gasteiger partial charge on any atom is -0.309 e. The second-order valence-electron chi connectivity index (χ2n) is 2.91. The normalized spacial score (nSPS) is 13.0. The zero-order valence-electron chi connectivity index (χ0n) is 7.50. The Balaban J connectivity index is 3.10. The summed E-state index contributed by atoms with van der Waals surface area (Å²) < 4.78 is 0. The predicted octanol–water partition coefficient (Wildman–Crippen LogP) is 1.44. The summed E-state index contributed by atoms with van der Waals surface area (Å²) >= 11 is 1.85. The maximum Gasteiger partial charge on any atom is 0.0661 e. The molecule has 11 heavy (non-hydrogen) atoms. The molecule has 0 aliphatic heterocycles. The van der Waals surface area contributed by atoms with Crippen LogP contribution >= 0.6 is 11.8 Å². The molecule has 0 radical (unpaired) electrons. The summed E-state index contributed by atoms with van der Waals surface area (Å²) in [5.41, 5.74) is 0. The van der Waals surface area contributed by atoms with E-state index in [2.05, 4.69) is 25.1 Å². The molecule has 0 rings (SSSR count). The minimum atomic E-state index is 0.196. The molecule has 0 heterocycles. The molecule has 0 fully saturated rings. The number of hydrogen-bond acceptors (Lipinski definition) is 3. The van der Waals surface area contributed by atoms with Gasteiger partial charge in [0.2, 0.25) is 0 Å². The summed E-state index contributed by atoms with van der Waals surface area (Å²) in [5.74, 6) is 2.28. The molecule has 0 saturated carbocycles. The lowest BCUT2D eigenvalue weighted by molar-refractivity contribution is 0.437. The third kappa shape index (κ3) is 7.70. The first-order valence-corrected chi connectivity index (χ1v) is 4.94. The largest absolute Gasteiger partial charge is 0.309 e. The van der Waals surface area contributed by atoms with Crippen molar-refractivity contribution in [1.29, 1.82) is 5.26 Å². The summed E-state index contributed by atoms with van der Waals surface area (Å²) in [7, 11) is 4.13. The highest BCUT2D eigenvalue weighted by Crippen LogP contribution is 2.06. The third-order valence-electron chi connectivity index (χ3n) is 1.27. The first-order valence-electron chi connectivity index (χ1n) is 3.79. The van der Waals surface area contributed by atoms with Crippen molar-refractivity contribution in [2.24, 2.45) is 5.92 Å². The fraction of sp³-hybridized carbons (Fsp3) is 0.875. The number of hydrogen-bond donors (Lipinski definition) is 0.